The molecular formula is C25H20N4O2. The van der Waals surface area contributed by atoms with Crippen molar-refractivity contribution in [3.63, 3.8) is 0 Å². The van der Waals surface area contributed by atoms with Crippen LogP contribution in [-0.4, -0.2) is 21.7 Å². The summed E-state index contributed by atoms with van der Waals surface area (Å²) in [6, 6.07) is 19.6. The number of terminal acetylenes is 1. The first-order valence-corrected chi connectivity index (χ1v) is 9.93. The molecular weight excluding hydrogens is 388 g/mol. The number of aryl methyl sites for hydroxylation is 1. The van der Waals surface area contributed by atoms with Crippen molar-refractivity contribution in [3.05, 3.63) is 77.5 Å². The second kappa shape index (κ2) is 7.88. The average Bonchev–Trinajstić information content (AvgIpc) is 3.44. The summed E-state index contributed by atoms with van der Waals surface area (Å²) in [4.78, 5) is 12.9. The van der Waals surface area contributed by atoms with E-state index in [0.29, 0.717) is 18.2 Å². The molecule has 0 spiro atoms. The first-order valence-electron chi connectivity index (χ1n) is 9.93. The molecule has 4 aromatic rings. The maximum Gasteiger partial charge on any atom is 0.231 e. The number of pyridine rings is 1. The number of nitrogens with one attached hydrogen (secondary N) is 2. The quantitative estimate of drug-likeness (QED) is 0.466. The Kier molecular flexibility index (Phi) is 4.77. The van der Waals surface area contributed by atoms with E-state index in [4.69, 9.17) is 20.9 Å². The van der Waals surface area contributed by atoms with Gasteiger partial charge < -0.3 is 19.8 Å². The van der Waals surface area contributed by atoms with Gasteiger partial charge in [0.25, 0.3) is 0 Å². The predicted octanol–water partition coefficient (Wildman–Crippen LogP) is 4.77. The molecule has 0 unspecified atom stereocenters. The van der Waals surface area contributed by atoms with E-state index in [-0.39, 0.29) is 6.79 Å². The summed E-state index contributed by atoms with van der Waals surface area (Å²) in [6.07, 6.45) is 5.44. The number of benzene rings is 2. The first-order chi connectivity index (χ1) is 15.2. The normalized spacial score (nSPS) is 11.9. The van der Waals surface area contributed by atoms with Crippen molar-refractivity contribution in [1.29, 1.82) is 0 Å². The van der Waals surface area contributed by atoms with Crippen LogP contribution in [0.5, 0.6) is 11.5 Å². The third-order valence-electron chi connectivity index (χ3n) is 5.07. The Hall–Kier alpha value is -4.24. The van der Waals surface area contributed by atoms with Crippen molar-refractivity contribution in [1.82, 2.24) is 15.0 Å². The van der Waals surface area contributed by atoms with Gasteiger partial charge in [-0.15, -0.1) is 6.42 Å². The highest BCUT2D eigenvalue weighted by Gasteiger charge is 2.19. The van der Waals surface area contributed by atoms with Crippen LogP contribution in [0.1, 0.15) is 16.8 Å². The summed E-state index contributed by atoms with van der Waals surface area (Å²) in [6.45, 7) is 2.82. The highest BCUT2D eigenvalue weighted by molar-refractivity contribution is 5.79. The van der Waals surface area contributed by atoms with Crippen LogP contribution in [0.15, 0.2) is 60.7 Å². The van der Waals surface area contributed by atoms with Gasteiger partial charge in [-0.3, -0.25) is 4.98 Å². The zero-order valence-electron chi connectivity index (χ0n) is 17.0. The van der Waals surface area contributed by atoms with Crippen LogP contribution in [-0.2, 0) is 6.54 Å². The molecule has 1 aliphatic heterocycles. The SMILES string of the molecule is C#Cc1ccc(CNc2nc(-c3ccc4c(c3)OCO4)c(-c3cccc(C)n3)[nH]2)cc1. The van der Waals surface area contributed by atoms with Crippen LogP contribution in [0.3, 0.4) is 0 Å². The molecule has 0 amide bonds. The van der Waals surface area contributed by atoms with Gasteiger partial charge in [0.1, 0.15) is 5.69 Å². The molecule has 0 atom stereocenters. The van der Waals surface area contributed by atoms with E-state index in [1.807, 2.05) is 67.6 Å². The molecule has 6 nitrogen and oxygen atoms in total. The lowest BCUT2D eigenvalue weighted by Crippen LogP contribution is -2.01. The van der Waals surface area contributed by atoms with Crippen LogP contribution < -0.4 is 14.8 Å². The minimum atomic E-state index is 0.233. The smallest absolute Gasteiger partial charge is 0.231 e. The van der Waals surface area contributed by atoms with Gasteiger partial charge in [0.05, 0.1) is 11.4 Å². The Morgan fingerprint density at radius 3 is 2.68 bits per heavy atom. The zero-order valence-corrected chi connectivity index (χ0v) is 17.0. The topological polar surface area (TPSA) is 72.1 Å². The summed E-state index contributed by atoms with van der Waals surface area (Å²) in [7, 11) is 0. The van der Waals surface area contributed by atoms with Gasteiger partial charge in [-0.25, -0.2) is 4.98 Å². The Morgan fingerprint density at radius 1 is 1.03 bits per heavy atom. The number of rotatable bonds is 5. The lowest BCUT2D eigenvalue weighted by molar-refractivity contribution is 0.174. The highest BCUT2D eigenvalue weighted by Crippen LogP contribution is 2.38. The standard InChI is InChI=1S/C25H20N4O2/c1-3-17-7-9-18(10-8-17)14-26-25-28-23(19-11-12-21-22(13-19)31-15-30-21)24(29-25)20-6-4-5-16(2)27-20/h1,4-13H,14-15H2,2H3,(H2,26,28,29). The molecule has 3 heterocycles. The number of imidazole rings is 1. The van der Waals surface area contributed by atoms with Crippen molar-refractivity contribution in [2.45, 2.75) is 13.5 Å². The van der Waals surface area contributed by atoms with Gasteiger partial charge in [0, 0.05) is 23.4 Å². The fourth-order valence-electron chi connectivity index (χ4n) is 3.48. The van der Waals surface area contributed by atoms with E-state index in [1.165, 1.54) is 0 Å². The van der Waals surface area contributed by atoms with Crippen LogP contribution >= 0.6 is 0 Å². The monoisotopic (exact) mass is 408 g/mol. The molecule has 0 saturated carbocycles. The average molecular weight is 408 g/mol. The number of aromatic amines is 1. The second-order valence-electron chi connectivity index (χ2n) is 7.24. The van der Waals surface area contributed by atoms with E-state index < -0.39 is 0 Å². The van der Waals surface area contributed by atoms with Crippen molar-refractivity contribution in [2.24, 2.45) is 0 Å². The van der Waals surface area contributed by atoms with E-state index >= 15 is 0 Å². The Labute approximate surface area is 180 Å². The molecule has 2 aromatic heterocycles. The number of nitrogens with zero attached hydrogens (tertiary/aromatic N) is 2. The minimum absolute atomic E-state index is 0.233. The van der Waals surface area contributed by atoms with Gasteiger partial charge in [-0.05, 0) is 55.0 Å². The molecule has 0 fully saturated rings. The molecule has 1 aliphatic rings. The van der Waals surface area contributed by atoms with Gasteiger partial charge >= 0.3 is 0 Å². The van der Waals surface area contributed by atoms with E-state index in [9.17, 15) is 0 Å². The van der Waals surface area contributed by atoms with E-state index in [2.05, 4.69) is 21.2 Å². The number of anilines is 1. The summed E-state index contributed by atoms with van der Waals surface area (Å²) in [5, 5.41) is 3.36. The molecule has 2 aromatic carbocycles. The molecule has 6 heteroatoms. The van der Waals surface area contributed by atoms with Gasteiger partial charge in [0.15, 0.2) is 11.5 Å². The number of hydrogen-bond donors (Lipinski definition) is 2. The van der Waals surface area contributed by atoms with E-state index in [1.54, 1.807) is 0 Å². The summed E-state index contributed by atoms with van der Waals surface area (Å²) in [5.74, 6) is 4.75. The summed E-state index contributed by atoms with van der Waals surface area (Å²) < 4.78 is 11.0. The zero-order chi connectivity index (χ0) is 21.2. The van der Waals surface area contributed by atoms with E-state index in [0.717, 1.165) is 45.2 Å². The van der Waals surface area contributed by atoms with Gasteiger partial charge in [-0.2, -0.15) is 0 Å². The fourth-order valence-corrected chi connectivity index (χ4v) is 3.48. The fraction of sp³-hybridized carbons (Fsp3) is 0.120. The third-order valence-corrected chi connectivity index (χ3v) is 5.07. The Morgan fingerprint density at radius 2 is 1.87 bits per heavy atom. The molecule has 31 heavy (non-hydrogen) atoms. The lowest BCUT2D eigenvalue weighted by atomic mass is 10.1. The van der Waals surface area contributed by atoms with Crippen LogP contribution in [0.4, 0.5) is 5.95 Å². The molecule has 0 saturated heterocycles. The Balaban J connectivity index is 1.49. The van der Waals surface area contributed by atoms with Crippen LogP contribution in [0.25, 0.3) is 22.6 Å². The number of H-pyrrole nitrogens is 1. The van der Waals surface area contributed by atoms with Gasteiger partial charge in [-0.1, -0.05) is 24.1 Å². The van der Waals surface area contributed by atoms with Crippen LogP contribution in [0, 0.1) is 19.3 Å². The van der Waals surface area contributed by atoms with Crippen molar-refractivity contribution < 1.29 is 9.47 Å². The number of hydrogen-bond acceptors (Lipinski definition) is 5. The Bertz CT molecular complexity index is 1290. The highest BCUT2D eigenvalue weighted by atomic mass is 16.7. The van der Waals surface area contributed by atoms with Crippen molar-refractivity contribution in [2.75, 3.05) is 12.1 Å². The number of fused-ring (bicyclic) bond motifs is 1. The molecule has 152 valence electrons. The van der Waals surface area contributed by atoms with Crippen LogP contribution in [0.2, 0.25) is 0 Å². The first kappa shape index (κ1) is 18.8. The molecule has 5 rings (SSSR count). The van der Waals surface area contributed by atoms with Crippen molar-refractivity contribution in [3.8, 4) is 46.5 Å². The van der Waals surface area contributed by atoms with Gasteiger partial charge in [0.2, 0.25) is 12.7 Å². The molecule has 0 radical (unpaired) electrons. The predicted molar refractivity (Wildman–Crippen MR) is 120 cm³/mol. The maximum absolute atomic E-state index is 5.55. The van der Waals surface area contributed by atoms with Crippen molar-refractivity contribution >= 4 is 5.95 Å². The third kappa shape index (κ3) is 3.81. The summed E-state index contributed by atoms with van der Waals surface area (Å²) >= 11 is 0. The molecule has 0 aliphatic carbocycles. The summed E-state index contributed by atoms with van der Waals surface area (Å²) in [5.41, 5.74) is 6.29. The number of aromatic nitrogens is 3. The molecule has 2 N–H and O–H groups in total. The molecule has 0 bridgehead atoms. The lowest BCUT2D eigenvalue weighted by Gasteiger charge is -2.04. The number of ether oxygens (including phenoxy) is 2. The minimum Gasteiger partial charge on any atom is -0.454 e. The maximum atomic E-state index is 5.55. The largest absolute Gasteiger partial charge is 0.454 e. The second-order valence-corrected chi connectivity index (χ2v) is 7.24.